The summed E-state index contributed by atoms with van der Waals surface area (Å²) >= 11 is 0. The molecule has 140 valence electrons. The van der Waals surface area contributed by atoms with Gasteiger partial charge in [-0.15, -0.1) is 6.58 Å². The Morgan fingerprint density at radius 2 is 1.77 bits per heavy atom. The number of aliphatic hydroxyl groups excluding tert-OH is 3. The molecule has 0 aromatic heterocycles. The summed E-state index contributed by atoms with van der Waals surface area (Å²) in [6, 6.07) is 11.3. The second kappa shape index (κ2) is 9.53. The van der Waals surface area contributed by atoms with Crippen LogP contribution in [0.4, 0.5) is 0 Å². The molecule has 0 aliphatic carbocycles. The first-order chi connectivity index (χ1) is 12.5. The Morgan fingerprint density at radius 1 is 1.08 bits per heavy atom. The van der Waals surface area contributed by atoms with Gasteiger partial charge in [-0.3, -0.25) is 0 Å². The lowest BCUT2D eigenvalue weighted by molar-refractivity contribution is 0.00211. The van der Waals surface area contributed by atoms with Gasteiger partial charge in [0.05, 0.1) is 18.8 Å². The molecule has 0 spiro atoms. The van der Waals surface area contributed by atoms with Crippen LogP contribution in [-0.4, -0.2) is 39.2 Å². The first-order valence-electron chi connectivity index (χ1n) is 9.01. The van der Waals surface area contributed by atoms with Crippen LogP contribution in [0.15, 0.2) is 54.6 Å². The van der Waals surface area contributed by atoms with Crippen molar-refractivity contribution in [1.82, 2.24) is 0 Å². The standard InChI is InChI=1S/C22H28O4/c1-3-15(9-11-20(24)17(4-2)22(26)14-23)13-16-10-12-21(25)19-8-6-5-7-18(16)19/h4-8,10,12-13,17,20,22-26H,2-3,9,11,14H2,1H3/b15-13+/t17-,20-,22-/m1/s1. The predicted octanol–water partition coefficient (Wildman–Crippen LogP) is 3.64. The molecule has 2 aromatic rings. The molecule has 26 heavy (non-hydrogen) atoms. The van der Waals surface area contributed by atoms with E-state index in [0.29, 0.717) is 12.8 Å². The zero-order valence-electron chi connectivity index (χ0n) is 15.2. The van der Waals surface area contributed by atoms with E-state index in [0.717, 1.165) is 22.8 Å². The molecule has 0 unspecified atom stereocenters. The number of rotatable bonds is 9. The van der Waals surface area contributed by atoms with Crippen LogP contribution in [-0.2, 0) is 0 Å². The van der Waals surface area contributed by atoms with Crippen molar-refractivity contribution in [3.8, 4) is 5.75 Å². The van der Waals surface area contributed by atoms with Gasteiger partial charge in [0.25, 0.3) is 0 Å². The van der Waals surface area contributed by atoms with Gasteiger partial charge in [-0.05, 0) is 36.3 Å². The van der Waals surface area contributed by atoms with Gasteiger partial charge < -0.3 is 20.4 Å². The fourth-order valence-electron chi connectivity index (χ4n) is 3.22. The van der Waals surface area contributed by atoms with Gasteiger partial charge in [-0.1, -0.05) is 55.0 Å². The Labute approximate surface area is 154 Å². The normalized spacial score (nSPS) is 15.6. The summed E-state index contributed by atoms with van der Waals surface area (Å²) in [5, 5.41) is 41.0. The highest BCUT2D eigenvalue weighted by Crippen LogP contribution is 2.30. The summed E-state index contributed by atoms with van der Waals surface area (Å²) in [5.41, 5.74) is 2.20. The summed E-state index contributed by atoms with van der Waals surface area (Å²) < 4.78 is 0. The molecule has 0 saturated carbocycles. The molecule has 0 amide bonds. The van der Waals surface area contributed by atoms with Crippen molar-refractivity contribution in [3.05, 3.63) is 60.2 Å². The molecule has 4 nitrogen and oxygen atoms in total. The average molecular weight is 356 g/mol. The van der Waals surface area contributed by atoms with Crippen LogP contribution in [0.5, 0.6) is 5.75 Å². The monoisotopic (exact) mass is 356 g/mol. The molecule has 0 radical (unpaired) electrons. The summed E-state index contributed by atoms with van der Waals surface area (Å²) in [5.74, 6) is -0.286. The molecule has 3 atom stereocenters. The molecular weight excluding hydrogens is 328 g/mol. The minimum Gasteiger partial charge on any atom is -0.507 e. The van der Waals surface area contributed by atoms with Crippen molar-refractivity contribution in [1.29, 1.82) is 0 Å². The first-order valence-corrected chi connectivity index (χ1v) is 9.01. The number of fused-ring (bicyclic) bond motifs is 1. The van der Waals surface area contributed by atoms with E-state index in [4.69, 9.17) is 5.11 Å². The third-order valence-electron chi connectivity index (χ3n) is 4.86. The van der Waals surface area contributed by atoms with E-state index in [1.165, 1.54) is 11.6 Å². The predicted molar refractivity (Wildman–Crippen MR) is 106 cm³/mol. The first kappa shape index (κ1) is 20.2. The summed E-state index contributed by atoms with van der Waals surface area (Å²) in [6.45, 7) is 5.30. The number of hydrogen-bond donors (Lipinski definition) is 4. The molecule has 0 bridgehead atoms. The number of phenolic OH excluding ortho intramolecular Hbond substituents is 1. The largest absolute Gasteiger partial charge is 0.507 e. The highest BCUT2D eigenvalue weighted by atomic mass is 16.3. The molecule has 0 aliphatic heterocycles. The number of allylic oxidation sites excluding steroid dienone is 1. The van der Waals surface area contributed by atoms with Crippen molar-refractivity contribution >= 4 is 16.8 Å². The minimum atomic E-state index is -1.00. The lowest BCUT2D eigenvalue weighted by Crippen LogP contribution is -2.32. The van der Waals surface area contributed by atoms with Gasteiger partial charge in [0.2, 0.25) is 0 Å². The molecular formula is C22H28O4. The second-order valence-electron chi connectivity index (χ2n) is 6.54. The topological polar surface area (TPSA) is 80.9 Å². The van der Waals surface area contributed by atoms with Crippen LogP contribution in [0.2, 0.25) is 0 Å². The maximum atomic E-state index is 10.3. The van der Waals surface area contributed by atoms with Crippen molar-refractivity contribution < 1.29 is 20.4 Å². The smallest absolute Gasteiger partial charge is 0.123 e. The SMILES string of the molecule is C=C[C@@H]([C@H](O)CO)[C@H](O)CC/C(=C/c1ccc(O)c2ccccc12)CC. The third kappa shape index (κ3) is 4.73. The minimum absolute atomic E-state index is 0.262. The Bertz CT molecular complexity index is 766. The van der Waals surface area contributed by atoms with Gasteiger partial charge in [0, 0.05) is 11.3 Å². The Balaban J connectivity index is 2.19. The van der Waals surface area contributed by atoms with Crippen molar-refractivity contribution in [2.75, 3.05) is 6.61 Å². The Morgan fingerprint density at radius 3 is 2.38 bits per heavy atom. The lowest BCUT2D eigenvalue weighted by atomic mass is 9.90. The zero-order chi connectivity index (χ0) is 19.1. The van der Waals surface area contributed by atoms with E-state index in [1.807, 2.05) is 30.3 Å². The van der Waals surface area contributed by atoms with Crippen LogP contribution in [0.3, 0.4) is 0 Å². The quantitative estimate of drug-likeness (QED) is 0.517. The molecule has 4 heteroatoms. The van der Waals surface area contributed by atoms with Crippen LogP contribution in [0.1, 0.15) is 31.7 Å². The van der Waals surface area contributed by atoms with Crippen molar-refractivity contribution in [2.24, 2.45) is 5.92 Å². The number of aromatic hydroxyl groups is 1. The van der Waals surface area contributed by atoms with E-state index in [-0.39, 0.29) is 5.75 Å². The maximum absolute atomic E-state index is 10.3. The lowest BCUT2D eigenvalue weighted by Gasteiger charge is -2.23. The Hall–Kier alpha value is -2.14. The van der Waals surface area contributed by atoms with E-state index in [9.17, 15) is 15.3 Å². The zero-order valence-corrected chi connectivity index (χ0v) is 15.2. The van der Waals surface area contributed by atoms with Crippen LogP contribution in [0, 0.1) is 5.92 Å². The number of benzene rings is 2. The fourth-order valence-corrected chi connectivity index (χ4v) is 3.22. The molecule has 0 saturated heterocycles. The molecule has 0 aliphatic rings. The van der Waals surface area contributed by atoms with E-state index >= 15 is 0 Å². The molecule has 2 aromatic carbocycles. The van der Waals surface area contributed by atoms with Gasteiger partial charge in [0.15, 0.2) is 0 Å². The van der Waals surface area contributed by atoms with Crippen LogP contribution in [0.25, 0.3) is 16.8 Å². The summed E-state index contributed by atoms with van der Waals surface area (Å²) in [7, 11) is 0. The average Bonchev–Trinajstić information content (AvgIpc) is 2.67. The van der Waals surface area contributed by atoms with Crippen LogP contribution >= 0.6 is 0 Å². The maximum Gasteiger partial charge on any atom is 0.123 e. The molecule has 0 heterocycles. The summed E-state index contributed by atoms with van der Waals surface area (Å²) in [4.78, 5) is 0. The van der Waals surface area contributed by atoms with E-state index in [1.54, 1.807) is 6.07 Å². The Kier molecular flexibility index (Phi) is 7.39. The fraction of sp³-hybridized carbons (Fsp3) is 0.364. The molecule has 0 fully saturated rings. The van der Waals surface area contributed by atoms with Gasteiger partial charge in [-0.25, -0.2) is 0 Å². The van der Waals surface area contributed by atoms with Crippen molar-refractivity contribution in [3.63, 3.8) is 0 Å². The number of phenols is 1. The van der Waals surface area contributed by atoms with Gasteiger partial charge >= 0.3 is 0 Å². The number of hydrogen-bond acceptors (Lipinski definition) is 4. The highest BCUT2D eigenvalue weighted by Gasteiger charge is 2.23. The van der Waals surface area contributed by atoms with Crippen LogP contribution < -0.4 is 0 Å². The third-order valence-corrected chi connectivity index (χ3v) is 4.86. The van der Waals surface area contributed by atoms with Gasteiger partial charge in [0.1, 0.15) is 5.75 Å². The molecule has 4 N–H and O–H groups in total. The molecule has 2 rings (SSSR count). The van der Waals surface area contributed by atoms with E-state index in [2.05, 4.69) is 19.6 Å². The summed E-state index contributed by atoms with van der Waals surface area (Å²) in [6.07, 6.45) is 3.81. The second-order valence-corrected chi connectivity index (χ2v) is 6.54. The van der Waals surface area contributed by atoms with E-state index < -0.39 is 24.7 Å². The van der Waals surface area contributed by atoms with Gasteiger partial charge in [-0.2, -0.15) is 0 Å². The number of aliphatic hydroxyl groups is 3. The van der Waals surface area contributed by atoms with Crippen molar-refractivity contribution in [2.45, 2.75) is 38.4 Å². The highest BCUT2D eigenvalue weighted by molar-refractivity contribution is 5.94.